The number of rotatable bonds is 11. The van der Waals surface area contributed by atoms with Gasteiger partial charge in [-0.2, -0.15) is 0 Å². The van der Waals surface area contributed by atoms with Crippen LogP contribution in [-0.2, 0) is 14.2 Å². The van der Waals surface area contributed by atoms with E-state index in [0.717, 1.165) is 23.7 Å². The summed E-state index contributed by atoms with van der Waals surface area (Å²) in [5.74, 6) is 0. The van der Waals surface area contributed by atoms with Crippen molar-refractivity contribution in [3.8, 4) is 0 Å². The highest BCUT2D eigenvalue weighted by Gasteiger charge is 2.20. The summed E-state index contributed by atoms with van der Waals surface area (Å²) in [6.07, 6.45) is 1.04. The van der Waals surface area contributed by atoms with Crippen molar-refractivity contribution in [2.24, 2.45) is 5.41 Å². The van der Waals surface area contributed by atoms with Gasteiger partial charge in [0.05, 0.1) is 26.4 Å². The van der Waals surface area contributed by atoms with Crippen LogP contribution in [-0.4, -0.2) is 50.8 Å². The first kappa shape index (κ1) is 16.8. The molecule has 0 aromatic rings. The lowest BCUT2D eigenvalue weighted by Gasteiger charge is -2.24. The molecule has 0 saturated heterocycles. The normalized spacial score (nSPS) is 12.0. The lowest BCUT2D eigenvalue weighted by molar-refractivity contribution is 0.0199. The van der Waals surface area contributed by atoms with E-state index in [1.165, 1.54) is 0 Å². The Bertz CT molecular complexity index is 152. The predicted molar refractivity (Wildman–Crippen MR) is 73.8 cm³/mol. The summed E-state index contributed by atoms with van der Waals surface area (Å²) in [4.78, 5) is 0. The van der Waals surface area contributed by atoms with Crippen LogP contribution in [0.15, 0.2) is 0 Å². The van der Waals surface area contributed by atoms with Crippen LogP contribution in [0.3, 0.4) is 0 Å². The quantitative estimate of drug-likeness (QED) is 0.418. The average molecular weight is 362 g/mol. The maximum absolute atomic E-state index is 5.51. The molecular formula is C11H22Br2O3. The molecule has 0 atom stereocenters. The molecule has 0 heterocycles. The fourth-order valence-corrected chi connectivity index (χ4v) is 2.44. The smallest absolute Gasteiger partial charge is 0.0701 e. The van der Waals surface area contributed by atoms with Gasteiger partial charge in [-0.3, -0.25) is 0 Å². The third kappa shape index (κ3) is 8.93. The molecule has 0 amide bonds. The molecule has 5 heteroatoms. The summed E-state index contributed by atoms with van der Waals surface area (Å²) in [5, 5.41) is 1.97. The van der Waals surface area contributed by atoms with Crippen molar-refractivity contribution in [2.45, 2.75) is 13.3 Å². The minimum atomic E-state index is 0.275. The molecule has 0 rings (SSSR count). The molecule has 0 aromatic carbocycles. The van der Waals surface area contributed by atoms with E-state index in [1.54, 1.807) is 7.11 Å². The van der Waals surface area contributed by atoms with E-state index in [-0.39, 0.29) is 5.41 Å². The van der Waals surface area contributed by atoms with E-state index in [4.69, 9.17) is 14.2 Å². The predicted octanol–water partition coefficient (Wildman–Crippen LogP) is 2.85. The number of alkyl halides is 2. The molecule has 3 nitrogen and oxygen atoms in total. The van der Waals surface area contributed by atoms with Gasteiger partial charge in [0.2, 0.25) is 0 Å². The van der Waals surface area contributed by atoms with Crippen LogP contribution in [0, 0.1) is 5.41 Å². The zero-order valence-corrected chi connectivity index (χ0v) is 13.3. The molecule has 98 valence electrons. The minimum Gasteiger partial charge on any atom is -0.382 e. The summed E-state index contributed by atoms with van der Waals surface area (Å²) >= 11 is 7.04. The lowest BCUT2D eigenvalue weighted by atomic mass is 9.93. The van der Waals surface area contributed by atoms with Crippen LogP contribution in [0.2, 0.25) is 0 Å². The van der Waals surface area contributed by atoms with Gasteiger partial charge in [0.1, 0.15) is 0 Å². The fraction of sp³-hybridized carbons (Fsp3) is 1.00. The van der Waals surface area contributed by atoms with Gasteiger partial charge >= 0.3 is 0 Å². The van der Waals surface area contributed by atoms with Gasteiger partial charge in [-0.1, -0.05) is 38.8 Å². The lowest BCUT2D eigenvalue weighted by Crippen LogP contribution is -2.23. The molecule has 0 unspecified atom stereocenters. The zero-order valence-electron chi connectivity index (χ0n) is 10.1. The van der Waals surface area contributed by atoms with E-state index in [2.05, 4.69) is 38.8 Å². The van der Waals surface area contributed by atoms with Crippen LogP contribution >= 0.6 is 31.9 Å². The van der Waals surface area contributed by atoms with E-state index in [9.17, 15) is 0 Å². The third-order valence-electron chi connectivity index (χ3n) is 2.30. The van der Waals surface area contributed by atoms with Crippen molar-refractivity contribution in [1.29, 1.82) is 0 Å². The molecule has 16 heavy (non-hydrogen) atoms. The van der Waals surface area contributed by atoms with E-state index in [1.807, 2.05) is 0 Å². The monoisotopic (exact) mass is 360 g/mol. The SMILES string of the molecule is COCCOCCOCCC(C)(CBr)CBr. The van der Waals surface area contributed by atoms with Gasteiger partial charge in [-0.25, -0.2) is 0 Å². The first-order valence-electron chi connectivity index (χ1n) is 5.45. The Morgan fingerprint density at radius 1 is 0.875 bits per heavy atom. The first-order chi connectivity index (χ1) is 7.68. The summed E-state index contributed by atoms with van der Waals surface area (Å²) in [7, 11) is 1.67. The first-order valence-corrected chi connectivity index (χ1v) is 7.69. The molecule has 0 aromatic heterocycles. The number of hydrogen-bond acceptors (Lipinski definition) is 3. The number of ether oxygens (including phenoxy) is 3. The van der Waals surface area contributed by atoms with E-state index in [0.29, 0.717) is 26.4 Å². The molecular weight excluding hydrogens is 340 g/mol. The molecule has 0 spiro atoms. The van der Waals surface area contributed by atoms with Crippen molar-refractivity contribution in [1.82, 2.24) is 0 Å². The van der Waals surface area contributed by atoms with Crippen molar-refractivity contribution < 1.29 is 14.2 Å². The maximum Gasteiger partial charge on any atom is 0.0701 e. The number of methoxy groups -OCH3 is 1. The summed E-state index contributed by atoms with van der Waals surface area (Å²) in [6, 6.07) is 0. The summed E-state index contributed by atoms with van der Waals surface area (Å²) in [6.45, 7) is 5.59. The van der Waals surface area contributed by atoms with Gasteiger partial charge in [-0.05, 0) is 11.8 Å². The van der Waals surface area contributed by atoms with Crippen molar-refractivity contribution in [3.63, 3.8) is 0 Å². The molecule has 0 bridgehead atoms. The summed E-state index contributed by atoms with van der Waals surface area (Å²) < 4.78 is 15.7. The second kappa shape index (κ2) is 11.0. The molecule has 0 fully saturated rings. The highest BCUT2D eigenvalue weighted by Crippen LogP contribution is 2.26. The standard InChI is InChI=1S/C11H22Br2O3/c1-11(9-12,10-13)3-4-15-7-8-16-6-5-14-2/h3-10H2,1-2H3. The fourth-order valence-electron chi connectivity index (χ4n) is 0.952. The topological polar surface area (TPSA) is 27.7 Å². The second-order valence-electron chi connectivity index (χ2n) is 4.05. The Hall–Kier alpha value is 0.840. The molecule has 0 aliphatic rings. The largest absolute Gasteiger partial charge is 0.382 e. The highest BCUT2D eigenvalue weighted by molar-refractivity contribution is 9.09. The van der Waals surface area contributed by atoms with Gasteiger partial charge in [0, 0.05) is 24.4 Å². The third-order valence-corrected chi connectivity index (χ3v) is 5.01. The van der Waals surface area contributed by atoms with Crippen molar-refractivity contribution in [2.75, 3.05) is 50.8 Å². The minimum absolute atomic E-state index is 0.275. The Morgan fingerprint density at radius 2 is 1.38 bits per heavy atom. The van der Waals surface area contributed by atoms with Gasteiger partial charge in [0.25, 0.3) is 0 Å². The van der Waals surface area contributed by atoms with Gasteiger partial charge in [-0.15, -0.1) is 0 Å². The zero-order chi connectivity index (χ0) is 12.3. The number of hydrogen-bond donors (Lipinski definition) is 0. The Morgan fingerprint density at radius 3 is 1.88 bits per heavy atom. The Kier molecular flexibility index (Phi) is 11.5. The summed E-state index contributed by atoms with van der Waals surface area (Å²) in [5.41, 5.74) is 0.275. The Balaban J connectivity index is 3.26. The molecule has 0 N–H and O–H groups in total. The van der Waals surface area contributed by atoms with Crippen LogP contribution in [0.4, 0.5) is 0 Å². The van der Waals surface area contributed by atoms with Crippen molar-refractivity contribution >= 4 is 31.9 Å². The highest BCUT2D eigenvalue weighted by atomic mass is 79.9. The average Bonchev–Trinajstić information content (AvgIpc) is 2.32. The molecule has 0 aliphatic carbocycles. The second-order valence-corrected chi connectivity index (χ2v) is 5.17. The maximum atomic E-state index is 5.51. The van der Waals surface area contributed by atoms with Crippen molar-refractivity contribution in [3.05, 3.63) is 0 Å². The van der Waals surface area contributed by atoms with Crippen LogP contribution < -0.4 is 0 Å². The van der Waals surface area contributed by atoms with Gasteiger partial charge < -0.3 is 14.2 Å². The van der Waals surface area contributed by atoms with E-state index < -0.39 is 0 Å². The molecule has 0 aliphatic heterocycles. The van der Waals surface area contributed by atoms with E-state index >= 15 is 0 Å². The molecule has 0 radical (unpaired) electrons. The van der Waals surface area contributed by atoms with Crippen LogP contribution in [0.1, 0.15) is 13.3 Å². The van der Waals surface area contributed by atoms with Crippen LogP contribution in [0.5, 0.6) is 0 Å². The van der Waals surface area contributed by atoms with Crippen LogP contribution in [0.25, 0.3) is 0 Å². The molecule has 0 saturated carbocycles. The Labute approximate surface area is 115 Å². The van der Waals surface area contributed by atoms with Gasteiger partial charge in [0.15, 0.2) is 0 Å². The number of halogens is 2.